The quantitative estimate of drug-likeness (QED) is 0.0175. The maximum absolute atomic E-state index is 15.7. The summed E-state index contributed by atoms with van der Waals surface area (Å²) in [6.45, 7) is 5.51. The number of rotatable bonds is 25. The number of nitrogens with one attached hydrogen (secondary N) is 15. The number of benzene rings is 3. The number of primary amides is 1. The van der Waals surface area contributed by atoms with Gasteiger partial charge in [0.05, 0.1) is 44.4 Å². The molecule has 8 rings (SSSR count). The number of para-hydroxylation sites is 2. The van der Waals surface area contributed by atoms with Crippen molar-refractivity contribution in [2.24, 2.45) is 17.4 Å². The van der Waals surface area contributed by atoms with Gasteiger partial charge in [-0.1, -0.05) is 120 Å². The van der Waals surface area contributed by atoms with Crippen molar-refractivity contribution in [3.05, 3.63) is 126 Å². The Morgan fingerprint density at radius 1 is 0.566 bits per heavy atom. The summed E-state index contributed by atoms with van der Waals surface area (Å²) < 4.78 is 0. The van der Waals surface area contributed by atoms with E-state index in [0.29, 0.717) is 65.4 Å². The topological polar surface area (TPSA) is 581 Å². The first-order valence-electron chi connectivity index (χ1n) is 43.7. The fourth-order valence-corrected chi connectivity index (χ4v) is 16.6. The Morgan fingerprint density at radius 3 is 1.73 bits per heavy atom. The predicted octanol–water partition coefficient (Wildman–Crippen LogP) is -1.55. The summed E-state index contributed by atoms with van der Waals surface area (Å²) >= 11 is 0.844. The first-order valence-corrected chi connectivity index (χ1v) is 44.8. The molecule has 702 valence electrons. The minimum Gasteiger partial charge on any atom is -0.394 e. The number of aliphatic hydroxyl groups is 2. The SMILES string of the molecule is CCCCC1C(=O)NC(CCCNC(=N)N)C(=O)NC(C(=O)NCC(N)=O)CSCC(=O)NC(Cc2ccccc2)C(=O)N(C)C(C)C(=O)NC(CO)C(=O)N2CCCC2C(=O)NC(Cc2cnc[nH]2)C(=O)NC(CC(C)C)C(=O)N(C)CC(=O)NC(Cc2c[nH]c3ccccc23)C(=O)NC(CO)C(=O)NC(Cc2c[nH]c3ccccc23)C(=O)N(C)C(CCCC)CN1C. The predicted molar refractivity (Wildman–Crippen MR) is 483 cm³/mol. The highest BCUT2D eigenvalue weighted by molar-refractivity contribution is 8.00. The molecule has 2 aliphatic heterocycles. The molecule has 0 bridgehead atoms. The number of likely N-dealkylation sites (N-methyl/N-ethyl adjacent to an activating group) is 4. The lowest BCUT2D eigenvalue weighted by Gasteiger charge is -2.37. The van der Waals surface area contributed by atoms with Crippen LogP contribution in [0.1, 0.15) is 128 Å². The van der Waals surface area contributed by atoms with E-state index in [1.807, 2.05) is 38.1 Å². The summed E-state index contributed by atoms with van der Waals surface area (Å²) in [7, 11) is 5.86. The van der Waals surface area contributed by atoms with Gasteiger partial charge in [-0.05, 0) is 93.7 Å². The molecule has 3 aromatic heterocycles. The van der Waals surface area contributed by atoms with Gasteiger partial charge < -0.3 is 115 Å². The van der Waals surface area contributed by atoms with Gasteiger partial charge in [-0.3, -0.25) is 82.2 Å². The second-order valence-electron chi connectivity index (χ2n) is 33.3. The molecule has 0 aliphatic carbocycles. The number of nitrogens with zero attached hydrogens (tertiary/aromatic N) is 6. The highest BCUT2D eigenvalue weighted by Gasteiger charge is 2.43. The molecule has 15 amide bonds. The number of imidazole rings is 1. The summed E-state index contributed by atoms with van der Waals surface area (Å²) in [6.07, 6.45) is 8.76. The number of unbranched alkanes of at least 4 members (excludes halogenated alkanes) is 2. The van der Waals surface area contributed by atoms with Crippen molar-refractivity contribution in [2.75, 3.05) is 85.6 Å². The highest BCUT2D eigenvalue weighted by atomic mass is 32.2. The number of thioether (sulfide) groups is 1. The molecular formula is C88H127N23O17S. The molecule has 129 heavy (non-hydrogen) atoms. The first kappa shape index (κ1) is 102. The molecule has 13 unspecified atom stereocenters. The number of H-pyrrole nitrogens is 3. The third-order valence-corrected chi connectivity index (χ3v) is 24.0. The Labute approximate surface area is 753 Å². The van der Waals surface area contributed by atoms with Crippen LogP contribution in [0.4, 0.5) is 0 Å². The van der Waals surface area contributed by atoms with Crippen LogP contribution in [0.25, 0.3) is 21.8 Å². The lowest BCUT2D eigenvalue weighted by atomic mass is 10.0. The van der Waals surface area contributed by atoms with Crippen LogP contribution in [0, 0.1) is 11.3 Å². The zero-order chi connectivity index (χ0) is 94.1. The van der Waals surface area contributed by atoms with Crippen LogP contribution in [-0.2, 0) is 97.6 Å². The lowest BCUT2D eigenvalue weighted by molar-refractivity contribution is -0.145. The van der Waals surface area contributed by atoms with Crippen LogP contribution in [0.3, 0.4) is 0 Å². The number of fused-ring (bicyclic) bond motifs is 3. The van der Waals surface area contributed by atoms with Crippen molar-refractivity contribution in [3.8, 4) is 0 Å². The minimum atomic E-state index is -1.77. The maximum Gasteiger partial charge on any atom is 0.248 e. The Balaban J connectivity index is 1.16. The van der Waals surface area contributed by atoms with Crippen LogP contribution in [0.15, 0.2) is 104 Å². The Morgan fingerprint density at radius 2 is 1.12 bits per heavy atom. The minimum absolute atomic E-state index is 0.00580. The van der Waals surface area contributed by atoms with E-state index < -0.39 is 199 Å². The molecule has 13 atom stereocenters. The summed E-state index contributed by atoms with van der Waals surface area (Å²) in [5.41, 5.74) is 14.6. The van der Waals surface area contributed by atoms with E-state index in [1.54, 1.807) is 99.8 Å². The van der Waals surface area contributed by atoms with Crippen LogP contribution >= 0.6 is 11.8 Å². The average molecular weight is 1810 g/mol. The lowest BCUT2D eigenvalue weighted by Crippen LogP contribution is -2.60. The number of aromatic amines is 3. The van der Waals surface area contributed by atoms with E-state index in [1.165, 1.54) is 38.4 Å². The van der Waals surface area contributed by atoms with E-state index in [0.717, 1.165) is 37.4 Å². The van der Waals surface area contributed by atoms with Gasteiger partial charge in [0.25, 0.3) is 0 Å². The summed E-state index contributed by atoms with van der Waals surface area (Å²) in [4.78, 5) is 239. The number of carbonyl (C=O) groups is 15. The van der Waals surface area contributed by atoms with E-state index >= 15 is 19.2 Å². The van der Waals surface area contributed by atoms with Crippen LogP contribution in [-0.4, -0.2) is 313 Å². The molecule has 0 saturated carbocycles. The average Bonchev–Trinajstić information content (AvgIpc) is 1.75. The van der Waals surface area contributed by atoms with Gasteiger partial charge in [-0.2, -0.15) is 0 Å². The molecule has 0 spiro atoms. The zero-order valence-electron chi connectivity index (χ0n) is 74.6. The van der Waals surface area contributed by atoms with Crippen LogP contribution in [0.2, 0.25) is 0 Å². The normalized spacial score (nSPS) is 23.9. The molecule has 0 radical (unpaired) electrons. The van der Waals surface area contributed by atoms with Gasteiger partial charge in [-0.25, -0.2) is 4.98 Å². The van der Waals surface area contributed by atoms with Crippen molar-refractivity contribution >= 4 is 128 Å². The van der Waals surface area contributed by atoms with Crippen LogP contribution < -0.4 is 70.0 Å². The van der Waals surface area contributed by atoms with Crippen molar-refractivity contribution in [1.82, 2.24) is 103 Å². The summed E-state index contributed by atoms with van der Waals surface area (Å²) in [5.74, 6) is -14.0. The van der Waals surface area contributed by atoms with E-state index in [2.05, 4.69) is 78.4 Å². The van der Waals surface area contributed by atoms with E-state index in [-0.39, 0.29) is 101 Å². The van der Waals surface area contributed by atoms with Crippen molar-refractivity contribution in [1.29, 1.82) is 5.41 Å². The zero-order valence-corrected chi connectivity index (χ0v) is 75.4. The summed E-state index contributed by atoms with van der Waals surface area (Å²) in [5, 5.41) is 60.8. The van der Waals surface area contributed by atoms with E-state index in [9.17, 15) is 63.0 Å². The van der Waals surface area contributed by atoms with Crippen molar-refractivity contribution in [3.63, 3.8) is 0 Å². The Hall–Kier alpha value is -12.5. The largest absolute Gasteiger partial charge is 0.394 e. The van der Waals surface area contributed by atoms with E-state index in [4.69, 9.17) is 16.9 Å². The fraction of sp³-hybridized carbons (Fsp3) is 0.534. The van der Waals surface area contributed by atoms with Gasteiger partial charge in [-0.15, -0.1) is 11.8 Å². The van der Waals surface area contributed by atoms with Gasteiger partial charge in [0.1, 0.15) is 66.5 Å². The number of carbonyl (C=O) groups excluding carboxylic acids is 15. The maximum atomic E-state index is 15.7. The molecule has 2 saturated heterocycles. The van der Waals surface area contributed by atoms with Gasteiger partial charge in [0.2, 0.25) is 88.6 Å². The number of aliphatic hydroxyl groups excluding tert-OH is 2. The second-order valence-corrected chi connectivity index (χ2v) is 34.3. The Kier molecular flexibility index (Phi) is 39.7. The molecule has 6 aromatic rings. The fourth-order valence-electron chi connectivity index (χ4n) is 15.7. The second kappa shape index (κ2) is 50.3. The molecule has 5 heterocycles. The smallest absolute Gasteiger partial charge is 0.248 e. The van der Waals surface area contributed by atoms with Crippen molar-refractivity contribution in [2.45, 2.75) is 209 Å². The molecule has 3 aromatic carbocycles. The van der Waals surface area contributed by atoms with Crippen molar-refractivity contribution < 1.29 is 82.1 Å². The van der Waals surface area contributed by atoms with Gasteiger partial charge in [0.15, 0.2) is 5.96 Å². The highest BCUT2D eigenvalue weighted by Crippen LogP contribution is 2.26. The number of nitrogens with two attached hydrogens (primary N) is 2. The third-order valence-electron chi connectivity index (χ3n) is 23.0. The van der Waals surface area contributed by atoms with Gasteiger partial charge >= 0.3 is 0 Å². The molecule has 40 nitrogen and oxygen atoms in total. The standard InChI is InChI=1S/C88H127N23O17S/c1-10-12-25-57-44-107(6)71(31-13-11-2)82(123)100-62(30-21-33-93-88(90)91)78(119)106-70(77(118)96-43-73(89)114)48-129-49-75(116)99-66(36-53-23-15-14-16-24-53)85(126)109(8)52(5)76(117)105-69(47-113)87(128)111-34-22-32-72(111)83(124)101-64(39-56-42-92-50-97-56)80(121)102-65(35-51(3)4)84(125)108(7)45-74(115)98-63(37-54-40-94-60-28-19-17-26-58(54)60)79(120)104-68(46-112)81(122)103-67(86(127)110(57)9)38-55-41-95-61-29-20-18-27-59(55)61/h14-20,23-24,26-29,40-42,50-52,57,62-72,94-95,112-113H,10-13,21-22,25,30-39,43-49H2,1-9H3,(H2,89,114)(H,92,97)(H,96,118)(H,98,115)(H,99,116)(H,100,123)(H,101,124)(H,102,121)(H,103,122)(H,104,120)(H,105,117)(H,106,119)(H4,90,91,93). The molecular weight excluding hydrogens is 1680 g/mol. The summed E-state index contributed by atoms with van der Waals surface area (Å²) in [6, 6.07) is 5.17. The van der Waals surface area contributed by atoms with Crippen LogP contribution in [0.5, 0.6) is 0 Å². The molecule has 2 aliphatic rings. The Bertz CT molecular complexity index is 4840. The number of hydrogen-bond acceptors (Lipinski definition) is 21. The molecule has 21 N–H and O–H groups in total. The van der Waals surface area contributed by atoms with Gasteiger partial charge in [0, 0.05) is 124 Å². The number of aromatic nitrogens is 4. The molecule has 2 fully saturated rings. The number of hydrogen-bond donors (Lipinski definition) is 19. The number of amides is 15. The first-order chi connectivity index (χ1) is 61.6. The monoisotopic (exact) mass is 1810 g/mol. The molecule has 41 heteroatoms. The third kappa shape index (κ3) is 30.1. The number of guanidine groups is 1.